The van der Waals surface area contributed by atoms with Gasteiger partial charge in [0.1, 0.15) is 17.5 Å². The van der Waals surface area contributed by atoms with Crippen LogP contribution < -0.4 is 10.5 Å². The Balaban J connectivity index is 1.73. The third-order valence-corrected chi connectivity index (χ3v) is 7.37. The van der Waals surface area contributed by atoms with E-state index in [1.807, 2.05) is 20.8 Å². The van der Waals surface area contributed by atoms with Crippen molar-refractivity contribution in [2.75, 3.05) is 0 Å². The number of nitrogens with two attached hydrogens (primary N) is 1. The van der Waals surface area contributed by atoms with Gasteiger partial charge in [-0.15, -0.1) is 0 Å². The number of ether oxygens (including phenoxy) is 1. The molecule has 7 nitrogen and oxygen atoms in total. The third-order valence-electron chi connectivity index (χ3n) is 5.56. The molecule has 0 saturated carbocycles. The second kappa shape index (κ2) is 8.38. The van der Waals surface area contributed by atoms with Crippen LogP contribution in [0.25, 0.3) is 10.9 Å². The van der Waals surface area contributed by atoms with Gasteiger partial charge >= 0.3 is 5.97 Å². The van der Waals surface area contributed by atoms with Crippen molar-refractivity contribution in [2.24, 2.45) is 5.73 Å². The Morgan fingerprint density at radius 1 is 1.00 bits per heavy atom. The van der Waals surface area contributed by atoms with Gasteiger partial charge in [-0.05, 0) is 67.8 Å². The fourth-order valence-electron chi connectivity index (χ4n) is 3.79. The normalized spacial score (nSPS) is 12.6. The average molecular weight is 465 g/mol. The highest BCUT2D eigenvalue weighted by Gasteiger charge is 2.22. The minimum absolute atomic E-state index is 0.169. The van der Waals surface area contributed by atoms with Gasteiger partial charge in [0.2, 0.25) is 9.84 Å². The smallest absolute Gasteiger partial charge is 0.325 e. The van der Waals surface area contributed by atoms with Gasteiger partial charge in [0.05, 0.1) is 9.79 Å². The molecule has 0 unspecified atom stereocenters. The molecule has 0 bridgehead atoms. The summed E-state index contributed by atoms with van der Waals surface area (Å²) < 4.78 is 32.6. The van der Waals surface area contributed by atoms with Gasteiger partial charge in [0.15, 0.2) is 0 Å². The third kappa shape index (κ3) is 4.22. The largest absolute Gasteiger partial charge is 0.480 e. The minimum atomic E-state index is -3.72. The van der Waals surface area contributed by atoms with Crippen LogP contribution in [0.2, 0.25) is 0 Å². The number of H-pyrrole nitrogens is 1. The molecule has 3 aromatic carbocycles. The van der Waals surface area contributed by atoms with Crippen molar-refractivity contribution in [3.05, 3.63) is 83.0 Å². The van der Waals surface area contributed by atoms with Crippen LogP contribution in [-0.4, -0.2) is 24.5 Å². The van der Waals surface area contributed by atoms with E-state index in [9.17, 15) is 18.3 Å². The minimum Gasteiger partial charge on any atom is -0.480 e. The summed E-state index contributed by atoms with van der Waals surface area (Å²) in [6.07, 6.45) is 1.49. The van der Waals surface area contributed by atoms with Crippen molar-refractivity contribution in [3.63, 3.8) is 0 Å². The summed E-state index contributed by atoms with van der Waals surface area (Å²) >= 11 is 0. The number of aryl methyl sites for hydroxylation is 3. The van der Waals surface area contributed by atoms with Crippen molar-refractivity contribution in [1.29, 1.82) is 0 Å². The molecular weight excluding hydrogens is 440 g/mol. The summed E-state index contributed by atoms with van der Waals surface area (Å²) in [4.78, 5) is 14.6. The molecule has 1 heterocycles. The number of nitrogens with one attached hydrogen (secondary N) is 1. The van der Waals surface area contributed by atoms with Crippen LogP contribution >= 0.6 is 0 Å². The van der Waals surface area contributed by atoms with Crippen molar-refractivity contribution >= 4 is 26.7 Å². The number of hydrogen-bond acceptors (Lipinski definition) is 5. The summed E-state index contributed by atoms with van der Waals surface area (Å²) in [5.74, 6) is -0.0826. The molecule has 0 aliphatic carbocycles. The Hall–Kier alpha value is -3.62. The zero-order chi connectivity index (χ0) is 23.9. The highest BCUT2D eigenvalue weighted by Crippen LogP contribution is 2.35. The maximum Gasteiger partial charge on any atom is 0.325 e. The SMILES string of the molecule is Cc1ccc(S(=O)(=O)c2c[nH]c3ccc(Oc4c(C)cc([C@H](N)C(=O)O)cc4C)cc23)cc1. The number of hydrogen-bond donors (Lipinski definition) is 3. The summed E-state index contributed by atoms with van der Waals surface area (Å²) in [7, 11) is -3.72. The molecule has 4 aromatic rings. The lowest BCUT2D eigenvalue weighted by Gasteiger charge is -2.16. The van der Waals surface area contributed by atoms with E-state index in [-0.39, 0.29) is 9.79 Å². The zero-order valence-corrected chi connectivity index (χ0v) is 19.2. The van der Waals surface area contributed by atoms with Crippen molar-refractivity contribution < 1.29 is 23.1 Å². The lowest BCUT2D eigenvalue weighted by molar-refractivity contribution is -0.138. The molecule has 0 spiro atoms. The number of rotatable bonds is 6. The zero-order valence-electron chi connectivity index (χ0n) is 18.4. The van der Waals surface area contributed by atoms with Crippen molar-refractivity contribution in [3.8, 4) is 11.5 Å². The van der Waals surface area contributed by atoms with Gasteiger partial charge in [-0.3, -0.25) is 4.79 Å². The van der Waals surface area contributed by atoms with E-state index in [2.05, 4.69) is 4.98 Å². The molecule has 33 heavy (non-hydrogen) atoms. The second-order valence-corrected chi connectivity index (χ2v) is 10.00. The number of aromatic nitrogens is 1. The van der Waals surface area contributed by atoms with Gasteiger partial charge in [-0.25, -0.2) is 8.42 Å². The highest BCUT2D eigenvalue weighted by atomic mass is 32.2. The lowest BCUT2D eigenvalue weighted by atomic mass is 10.0. The number of fused-ring (bicyclic) bond motifs is 1. The molecule has 1 aromatic heterocycles. The lowest BCUT2D eigenvalue weighted by Crippen LogP contribution is -2.20. The molecule has 4 N–H and O–H groups in total. The van der Waals surface area contributed by atoms with Crippen molar-refractivity contribution in [2.45, 2.75) is 36.6 Å². The first-order valence-electron chi connectivity index (χ1n) is 10.3. The predicted octanol–water partition coefficient (Wildman–Crippen LogP) is 4.80. The quantitative estimate of drug-likeness (QED) is 0.377. The van der Waals surface area contributed by atoms with E-state index in [1.165, 1.54) is 6.20 Å². The van der Waals surface area contributed by atoms with Crippen LogP contribution in [0.3, 0.4) is 0 Å². The van der Waals surface area contributed by atoms with Crippen LogP contribution in [0.5, 0.6) is 11.5 Å². The standard InChI is InChI=1S/C25H24N2O5S/c1-14-4-7-19(8-5-14)33(30,31)22-13-27-21-9-6-18(12-20(21)22)32-24-15(2)10-17(11-16(24)3)23(26)25(28)29/h4-13,23,27H,26H2,1-3H3,(H,28,29)/t23-/m0/s1. The van der Waals surface area contributed by atoms with E-state index in [1.54, 1.807) is 54.6 Å². The second-order valence-electron chi connectivity index (χ2n) is 8.08. The van der Waals surface area contributed by atoms with Crippen LogP contribution in [0, 0.1) is 20.8 Å². The van der Waals surface area contributed by atoms with Gasteiger partial charge in [0.25, 0.3) is 0 Å². The van der Waals surface area contributed by atoms with Crippen LogP contribution in [0.4, 0.5) is 0 Å². The number of benzene rings is 3. The van der Waals surface area contributed by atoms with E-state index in [0.717, 1.165) is 16.7 Å². The van der Waals surface area contributed by atoms with E-state index in [0.29, 0.717) is 28.0 Å². The monoisotopic (exact) mass is 464 g/mol. The number of carboxylic acids is 1. The molecule has 170 valence electrons. The Kier molecular flexibility index (Phi) is 5.73. The fourth-order valence-corrected chi connectivity index (χ4v) is 5.21. The summed E-state index contributed by atoms with van der Waals surface area (Å²) in [6, 6.07) is 14.2. The molecule has 0 fully saturated rings. The number of carbonyl (C=O) groups is 1. The Labute approximate surface area is 191 Å². The number of carboxylic acid groups (broad SMARTS) is 1. The first-order chi connectivity index (χ1) is 15.6. The molecular formula is C25H24N2O5S. The highest BCUT2D eigenvalue weighted by molar-refractivity contribution is 7.91. The van der Waals surface area contributed by atoms with Crippen LogP contribution in [0.15, 0.2) is 70.6 Å². The first kappa shape index (κ1) is 22.6. The summed E-state index contributed by atoms with van der Waals surface area (Å²) in [5.41, 5.74) is 9.32. The maximum atomic E-state index is 13.2. The summed E-state index contributed by atoms with van der Waals surface area (Å²) in [5, 5.41) is 9.70. The predicted molar refractivity (Wildman–Crippen MR) is 125 cm³/mol. The molecule has 4 rings (SSSR count). The van der Waals surface area contributed by atoms with Crippen LogP contribution in [0.1, 0.15) is 28.3 Å². The van der Waals surface area contributed by atoms with Gasteiger partial charge in [0, 0.05) is 17.1 Å². The van der Waals surface area contributed by atoms with E-state index < -0.39 is 21.8 Å². The fraction of sp³-hybridized carbons (Fsp3) is 0.160. The van der Waals surface area contributed by atoms with Gasteiger partial charge in [-0.1, -0.05) is 29.8 Å². The molecule has 0 amide bonds. The maximum absolute atomic E-state index is 13.2. The van der Waals surface area contributed by atoms with Gasteiger partial charge in [-0.2, -0.15) is 0 Å². The Morgan fingerprint density at radius 3 is 2.24 bits per heavy atom. The molecule has 0 saturated heterocycles. The molecule has 1 atom stereocenters. The number of sulfone groups is 1. The number of aromatic amines is 1. The Morgan fingerprint density at radius 2 is 1.64 bits per heavy atom. The Bertz CT molecular complexity index is 1450. The molecule has 8 heteroatoms. The molecule has 0 radical (unpaired) electrons. The number of aliphatic carboxylic acids is 1. The summed E-state index contributed by atoms with van der Waals surface area (Å²) in [6.45, 7) is 5.52. The first-order valence-corrected chi connectivity index (χ1v) is 11.8. The average Bonchev–Trinajstić information content (AvgIpc) is 3.20. The molecule has 0 aliphatic rings. The van der Waals surface area contributed by atoms with E-state index >= 15 is 0 Å². The topological polar surface area (TPSA) is 122 Å². The van der Waals surface area contributed by atoms with Crippen molar-refractivity contribution in [1.82, 2.24) is 4.98 Å². The van der Waals surface area contributed by atoms with Crippen LogP contribution in [-0.2, 0) is 14.6 Å². The van der Waals surface area contributed by atoms with E-state index in [4.69, 9.17) is 10.5 Å². The van der Waals surface area contributed by atoms with Gasteiger partial charge < -0.3 is 20.6 Å². The molecule has 0 aliphatic heterocycles.